The van der Waals surface area contributed by atoms with E-state index in [0.717, 1.165) is 53.9 Å². The molecule has 5 nitrogen and oxygen atoms in total. The molecule has 3 aromatic rings. The standard InChI is InChI=1S/C23H26N4O.ClH/c1-17(2)26-13-15-27(16-14-26)23(28)19-10-7-18(8-11-19)9-12-22-20-5-3-4-6-21(20)24-25-22;/h3-12,17H,13-16H2,1-2H3,(H,24,25);1H. The highest BCUT2D eigenvalue weighted by atomic mass is 35.5. The first-order valence-corrected chi connectivity index (χ1v) is 9.86. The number of nitrogens with one attached hydrogen (secondary N) is 1. The number of H-pyrrole nitrogens is 1. The van der Waals surface area contributed by atoms with Crippen LogP contribution < -0.4 is 0 Å². The third kappa shape index (κ3) is 4.69. The molecule has 1 N–H and O–H groups in total. The van der Waals surface area contributed by atoms with Crippen LogP contribution in [0.2, 0.25) is 0 Å². The summed E-state index contributed by atoms with van der Waals surface area (Å²) in [6.45, 7) is 7.89. The lowest BCUT2D eigenvalue weighted by Crippen LogP contribution is -2.50. The Labute approximate surface area is 177 Å². The summed E-state index contributed by atoms with van der Waals surface area (Å²) in [5.74, 6) is 0.122. The first-order chi connectivity index (χ1) is 13.6. The fourth-order valence-corrected chi connectivity index (χ4v) is 3.65. The second-order valence-electron chi connectivity index (χ2n) is 7.53. The molecule has 1 aliphatic heterocycles. The maximum Gasteiger partial charge on any atom is 0.253 e. The molecule has 0 spiro atoms. The number of hydrogen-bond acceptors (Lipinski definition) is 3. The Morgan fingerprint density at radius 3 is 2.38 bits per heavy atom. The van der Waals surface area contributed by atoms with E-state index in [1.165, 1.54) is 0 Å². The van der Waals surface area contributed by atoms with Crippen LogP contribution in [0.4, 0.5) is 0 Å². The molecule has 29 heavy (non-hydrogen) atoms. The van der Waals surface area contributed by atoms with Gasteiger partial charge in [0.1, 0.15) is 0 Å². The highest BCUT2D eigenvalue weighted by Crippen LogP contribution is 2.18. The number of amides is 1. The van der Waals surface area contributed by atoms with Crippen molar-refractivity contribution in [3.05, 3.63) is 65.4 Å². The van der Waals surface area contributed by atoms with E-state index >= 15 is 0 Å². The Bertz CT molecular complexity index is 986. The van der Waals surface area contributed by atoms with Crippen LogP contribution in [-0.4, -0.2) is 58.1 Å². The van der Waals surface area contributed by atoms with Gasteiger partial charge in [0.2, 0.25) is 0 Å². The Morgan fingerprint density at radius 1 is 1.00 bits per heavy atom. The van der Waals surface area contributed by atoms with E-state index in [2.05, 4.69) is 35.0 Å². The minimum atomic E-state index is 0. The van der Waals surface area contributed by atoms with Gasteiger partial charge in [-0.15, -0.1) is 12.4 Å². The zero-order valence-electron chi connectivity index (χ0n) is 16.8. The van der Waals surface area contributed by atoms with Crippen LogP contribution in [0.25, 0.3) is 23.1 Å². The van der Waals surface area contributed by atoms with Gasteiger partial charge in [0.25, 0.3) is 5.91 Å². The van der Waals surface area contributed by atoms with Gasteiger partial charge >= 0.3 is 0 Å². The number of carbonyl (C=O) groups excluding carboxylic acids is 1. The molecule has 2 heterocycles. The van der Waals surface area contributed by atoms with Crippen molar-refractivity contribution in [3.63, 3.8) is 0 Å². The van der Waals surface area contributed by atoms with Crippen molar-refractivity contribution in [1.29, 1.82) is 0 Å². The molecule has 1 saturated heterocycles. The van der Waals surface area contributed by atoms with E-state index in [0.29, 0.717) is 6.04 Å². The lowest BCUT2D eigenvalue weighted by molar-refractivity contribution is 0.0595. The van der Waals surface area contributed by atoms with Crippen LogP contribution in [0.1, 0.15) is 35.5 Å². The molecular weight excluding hydrogens is 384 g/mol. The van der Waals surface area contributed by atoms with Crippen LogP contribution in [0.15, 0.2) is 48.5 Å². The maximum atomic E-state index is 12.8. The third-order valence-electron chi connectivity index (χ3n) is 5.42. The lowest BCUT2D eigenvalue weighted by atomic mass is 10.1. The zero-order valence-corrected chi connectivity index (χ0v) is 17.7. The molecule has 0 aliphatic carbocycles. The van der Waals surface area contributed by atoms with E-state index in [4.69, 9.17) is 0 Å². The topological polar surface area (TPSA) is 52.2 Å². The fourth-order valence-electron chi connectivity index (χ4n) is 3.65. The summed E-state index contributed by atoms with van der Waals surface area (Å²) in [4.78, 5) is 17.1. The van der Waals surface area contributed by atoms with E-state index in [1.807, 2.05) is 59.5 Å². The van der Waals surface area contributed by atoms with E-state index in [9.17, 15) is 4.79 Å². The van der Waals surface area contributed by atoms with Gasteiger partial charge in [0, 0.05) is 43.2 Å². The smallest absolute Gasteiger partial charge is 0.253 e. The Morgan fingerprint density at radius 2 is 1.69 bits per heavy atom. The molecule has 0 atom stereocenters. The highest BCUT2D eigenvalue weighted by Gasteiger charge is 2.23. The molecule has 0 bridgehead atoms. The number of para-hydroxylation sites is 1. The number of halogens is 1. The molecule has 1 aliphatic rings. The van der Waals surface area contributed by atoms with Crippen molar-refractivity contribution >= 4 is 41.4 Å². The molecule has 1 aromatic heterocycles. The van der Waals surface area contributed by atoms with E-state index in [-0.39, 0.29) is 18.3 Å². The lowest BCUT2D eigenvalue weighted by Gasteiger charge is -2.37. The summed E-state index contributed by atoms with van der Waals surface area (Å²) in [7, 11) is 0. The summed E-state index contributed by atoms with van der Waals surface area (Å²) in [6.07, 6.45) is 4.03. The van der Waals surface area contributed by atoms with Gasteiger partial charge in [-0.2, -0.15) is 5.10 Å². The quantitative estimate of drug-likeness (QED) is 0.696. The van der Waals surface area contributed by atoms with Crippen molar-refractivity contribution in [2.24, 2.45) is 0 Å². The molecule has 0 saturated carbocycles. The molecule has 1 amide bonds. The Hall–Kier alpha value is -2.63. The molecule has 2 aromatic carbocycles. The number of carbonyl (C=O) groups is 1. The van der Waals surface area contributed by atoms with Gasteiger partial charge in [0.15, 0.2) is 0 Å². The number of rotatable bonds is 4. The van der Waals surface area contributed by atoms with Gasteiger partial charge in [-0.1, -0.05) is 36.4 Å². The van der Waals surface area contributed by atoms with E-state index < -0.39 is 0 Å². The number of fused-ring (bicyclic) bond motifs is 1. The van der Waals surface area contributed by atoms with E-state index in [1.54, 1.807) is 0 Å². The van der Waals surface area contributed by atoms with Crippen molar-refractivity contribution in [2.75, 3.05) is 26.2 Å². The summed E-state index contributed by atoms with van der Waals surface area (Å²) in [5.41, 5.74) is 3.74. The average Bonchev–Trinajstić information content (AvgIpc) is 3.15. The number of aromatic nitrogens is 2. The van der Waals surface area contributed by atoms with Crippen LogP contribution in [-0.2, 0) is 0 Å². The minimum absolute atomic E-state index is 0. The summed E-state index contributed by atoms with van der Waals surface area (Å²) >= 11 is 0. The average molecular weight is 411 g/mol. The SMILES string of the molecule is CC(C)N1CCN(C(=O)c2ccc(C=Cc3n[nH]c4ccccc34)cc2)CC1.Cl. The highest BCUT2D eigenvalue weighted by molar-refractivity contribution is 5.95. The molecule has 1 fully saturated rings. The molecule has 0 radical (unpaired) electrons. The first kappa shape index (κ1) is 21.1. The first-order valence-electron chi connectivity index (χ1n) is 9.86. The number of hydrogen-bond donors (Lipinski definition) is 1. The van der Waals surface area contributed by atoms with Gasteiger partial charge in [-0.3, -0.25) is 14.8 Å². The predicted molar refractivity (Wildman–Crippen MR) is 121 cm³/mol. The number of nitrogens with zero attached hydrogens (tertiary/aromatic N) is 3. The minimum Gasteiger partial charge on any atom is -0.336 e. The van der Waals surface area contributed by atoms with Crippen molar-refractivity contribution in [2.45, 2.75) is 19.9 Å². The molecular formula is C23H27ClN4O. The van der Waals surface area contributed by atoms with Crippen LogP contribution in [0.3, 0.4) is 0 Å². The molecule has 6 heteroatoms. The number of benzene rings is 2. The second kappa shape index (κ2) is 9.25. The fraction of sp³-hybridized carbons (Fsp3) is 0.304. The number of piperazine rings is 1. The zero-order chi connectivity index (χ0) is 19.5. The van der Waals surface area contributed by atoms with Crippen LogP contribution >= 0.6 is 12.4 Å². The summed E-state index contributed by atoms with van der Waals surface area (Å²) in [6, 6.07) is 16.4. The molecule has 4 rings (SSSR count). The maximum absolute atomic E-state index is 12.8. The van der Waals surface area contributed by atoms with Crippen LogP contribution in [0, 0.1) is 0 Å². The van der Waals surface area contributed by atoms with Gasteiger partial charge in [-0.05, 0) is 43.7 Å². The Kier molecular flexibility index (Phi) is 6.72. The van der Waals surface area contributed by atoms with Crippen molar-refractivity contribution < 1.29 is 4.79 Å². The van der Waals surface area contributed by atoms with Crippen molar-refractivity contribution in [1.82, 2.24) is 20.0 Å². The summed E-state index contributed by atoms with van der Waals surface area (Å²) < 4.78 is 0. The Balaban J connectivity index is 0.00000240. The summed E-state index contributed by atoms with van der Waals surface area (Å²) in [5, 5.41) is 8.50. The predicted octanol–water partition coefficient (Wildman–Crippen LogP) is 4.32. The van der Waals surface area contributed by atoms with Gasteiger partial charge < -0.3 is 4.90 Å². The van der Waals surface area contributed by atoms with Gasteiger partial charge in [-0.25, -0.2) is 0 Å². The largest absolute Gasteiger partial charge is 0.336 e. The molecule has 0 unspecified atom stereocenters. The third-order valence-corrected chi connectivity index (χ3v) is 5.42. The molecule has 152 valence electrons. The normalized spacial score (nSPS) is 15.2. The van der Waals surface area contributed by atoms with Gasteiger partial charge in [0.05, 0.1) is 11.2 Å². The van der Waals surface area contributed by atoms with Crippen LogP contribution in [0.5, 0.6) is 0 Å². The van der Waals surface area contributed by atoms with Crippen molar-refractivity contribution in [3.8, 4) is 0 Å². The monoisotopic (exact) mass is 410 g/mol. The number of aromatic amines is 1. The second-order valence-corrected chi connectivity index (χ2v) is 7.53.